The standard InChI is InChI=1S/C15H18N4O2/c1-2-5-13-17-14(19-18-13)15(20)16-9-11-8-10-6-3-4-7-12(10)21-11/h3-4,6-7,11H,2,5,8-9H2,1H3,(H,16,20)(H,17,18,19). The fourth-order valence-corrected chi connectivity index (χ4v) is 2.40. The highest BCUT2D eigenvalue weighted by molar-refractivity contribution is 5.90. The van der Waals surface area contributed by atoms with Crippen molar-refractivity contribution in [3.63, 3.8) is 0 Å². The fraction of sp³-hybridized carbons (Fsp3) is 0.400. The second-order valence-electron chi connectivity index (χ2n) is 5.12. The minimum Gasteiger partial charge on any atom is -0.488 e. The Morgan fingerprint density at radius 2 is 2.33 bits per heavy atom. The molecule has 1 aromatic heterocycles. The molecule has 0 saturated carbocycles. The summed E-state index contributed by atoms with van der Waals surface area (Å²) in [5.41, 5.74) is 1.18. The van der Waals surface area contributed by atoms with E-state index in [1.165, 1.54) is 5.56 Å². The second-order valence-corrected chi connectivity index (χ2v) is 5.12. The van der Waals surface area contributed by atoms with E-state index in [0.29, 0.717) is 6.54 Å². The van der Waals surface area contributed by atoms with Crippen LogP contribution in [0.25, 0.3) is 0 Å². The van der Waals surface area contributed by atoms with Crippen LogP contribution in [0.15, 0.2) is 24.3 Å². The SMILES string of the molecule is CCCc1nc(C(=O)NCC2Cc3ccccc3O2)n[nH]1. The highest BCUT2D eigenvalue weighted by atomic mass is 16.5. The molecular formula is C15H18N4O2. The molecule has 3 rings (SSSR count). The van der Waals surface area contributed by atoms with Crippen molar-refractivity contribution in [3.05, 3.63) is 41.5 Å². The predicted molar refractivity (Wildman–Crippen MR) is 77.3 cm³/mol. The number of carbonyl (C=O) groups excluding carboxylic acids is 1. The van der Waals surface area contributed by atoms with Crippen LogP contribution in [0.1, 0.15) is 35.4 Å². The lowest BCUT2D eigenvalue weighted by Gasteiger charge is -2.10. The lowest BCUT2D eigenvalue weighted by Crippen LogP contribution is -2.35. The maximum absolute atomic E-state index is 12.0. The largest absolute Gasteiger partial charge is 0.488 e. The number of para-hydroxylation sites is 1. The molecule has 2 N–H and O–H groups in total. The van der Waals surface area contributed by atoms with E-state index in [-0.39, 0.29) is 17.8 Å². The van der Waals surface area contributed by atoms with Crippen molar-refractivity contribution in [1.82, 2.24) is 20.5 Å². The number of benzene rings is 1. The van der Waals surface area contributed by atoms with Crippen LogP contribution < -0.4 is 10.1 Å². The van der Waals surface area contributed by atoms with Crippen LogP contribution in [0.3, 0.4) is 0 Å². The molecular weight excluding hydrogens is 268 g/mol. The van der Waals surface area contributed by atoms with Crippen molar-refractivity contribution in [3.8, 4) is 5.75 Å². The summed E-state index contributed by atoms with van der Waals surface area (Å²) in [6.07, 6.45) is 2.54. The number of aromatic nitrogens is 3. The van der Waals surface area contributed by atoms with Crippen LogP contribution in [0.4, 0.5) is 0 Å². The molecule has 0 aliphatic carbocycles. The van der Waals surface area contributed by atoms with Crippen molar-refractivity contribution < 1.29 is 9.53 Å². The van der Waals surface area contributed by atoms with Crippen molar-refractivity contribution in [2.24, 2.45) is 0 Å². The van der Waals surface area contributed by atoms with Gasteiger partial charge in [0, 0.05) is 12.8 Å². The number of nitrogens with zero attached hydrogens (tertiary/aromatic N) is 2. The van der Waals surface area contributed by atoms with Crippen LogP contribution in [0.2, 0.25) is 0 Å². The summed E-state index contributed by atoms with van der Waals surface area (Å²) in [5.74, 6) is 1.56. The summed E-state index contributed by atoms with van der Waals surface area (Å²) >= 11 is 0. The molecule has 21 heavy (non-hydrogen) atoms. The number of aryl methyl sites for hydroxylation is 1. The fourth-order valence-electron chi connectivity index (χ4n) is 2.40. The Bertz CT molecular complexity index is 613. The Balaban J connectivity index is 1.52. The maximum Gasteiger partial charge on any atom is 0.291 e. The molecule has 0 saturated heterocycles. The molecule has 1 aliphatic heterocycles. The summed E-state index contributed by atoms with van der Waals surface area (Å²) in [4.78, 5) is 16.1. The number of hydrogen-bond acceptors (Lipinski definition) is 4. The maximum atomic E-state index is 12.0. The van der Waals surface area contributed by atoms with Gasteiger partial charge in [0.15, 0.2) is 0 Å². The Kier molecular flexibility index (Phi) is 3.85. The van der Waals surface area contributed by atoms with E-state index in [4.69, 9.17) is 4.74 Å². The molecule has 0 radical (unpaired) electrons. The van der Waals surface area contributed by atoms with Crippen molar-refractivity contribution in [2.75, 3.05) is 6.54 Å². The van der Waals surface area contributed by atoms with E-state index in [1.54, 1.807) is 0 Å². The minimum absolute atomic E-state index is 0.0274. The van der Waals surface area contributed by atoms with E-state index < -0.39 is 0 Å². The minimum atomic E-state index is -0.270. The number of rotatable bonds is 5. The van der Waals surface area contributed by atoms with Gasteiger partial charge in [-0.25, -0.2) is 4.98 Å². The molecule has 0 fully saturated rings. The molecule has 2 heterocycles. The second kappa shape index (κ2) is 5.95. The number of amides is 1. The zero-order chi connectivity index (χ0) is 14.7. The van der Waals surface area contributed by atoms with Gasteiger partial charge < -0.3 is 10.1 Å². The monoisotopic (exact) mass is 286 g/mol. The molecule has 2 aromatic rings. The van der Waals surface area contributed by atoms with Crippen LogP contribution in [-0.2, 0) is 12.8 Å². The van der Waals surface area contributed by atoms with Crippen LogP contribution in [0, 0.1) is 0 Å². The average Bonchev–Trinajstić information content (AvgIpc) is 3.11. The van der Waals surface area contributed by atoms with E-state index in [2.05, 4.69) is 27.4 Å². The van der Waals surface area contributed by atoms with Gasteiger partial charge in [0.05, 0.1) is 6.54 Å². The summed E-state index contributed by atoms with van der Waals surface area (Å²) in [6.45, 7) is 2.50. The third-order valence-electron chi connectivity index (χ3n) is 3.43. The Labute approximate surface area is 122 Å². The van der Waals surface area contributed by atoms with Crippen LogP contribution >= 0.6 is 0 Å². The summed E-state index contributed by atoms with van der Waals surface area (Å²) in [5, 5.41) is 9.53. The zero-order valence-electron chi connectivity index (χ0n) is 11.9. The van der Waals surface area contributed by atoms with Gasteiger partial charge in [-0.05, 0) is 18.1 Å². The lowest BCUT2D eigenvalue weighted by molar-refractivity contribution is 0.0923. The van der Waals surface area contributed by atoms with Crippen molar-refractivity contribution >= 4 is 5.91 Å². The Hall–Kier alpha value is -2.37. The van der Waals surface area contributed by atoms with Crippen LogP contribution in [0.5, 0.6) is 5.75 Å². The van der Waals surface area contributed by atoms with Crippen molar-refractivity contribution in [1.29, 1.82) is 0 Å². The lowest BCUT2D eigenvalue weighted by atomic mass is 10.1. The average molecular weight is 286 g/mol. The smallest absolute Gasteiger partial charge is 0.291 e. The number of fused-ring (bicyclic) bond motifs is 1. The highest BCUT2D eigenvalue weighted by Gasteiger charge is 2.23. The van der Waals surface area contributed by atoms with Gasteiger partial charge in [-0.15, -0.1) is 5.10 Å². The first kappa shape index (κ1) is 13.6. The molecule has 0 bridgehead atoms. The molecule has 1 atom stereocenters. The van der Waals surface area contributed by atoms with E-state index >= 15 is 0 Å². The van der Waals surface area contributed by atoms with Crippen LogP contribution in [-0.4, -0.2) is 33.7 Å². The summed E-state index contributed by atoms with van der Waals surface area (Å²) < 4.78 is 5.77. The predicted octanol–water partition coefficient (Wildman–Crippen LogP) is 1.49. The number of nitrogens with one attached hydrogen (secondary N) is 2. The molecule has 110 valence electrons. The zero-order valence-corrected chi connectivity index (χ0v) is 11.9. The normalized spacial score (nSPS) is 16.3. The molecule has 6 heteroatoms. The topological polar surface area (TPSA) is 79.9 Å². The quantitative estimate of drug-likeness (QED) is 0.872. The molecule has 6 nitrogen and oxygen atoms in total. The molecule has 1 amide bonds. The number of ether oxygens (including phenoxy) is 1. The molecule has 1 aliphatic rings. The summed E-state index contributed by atoms with van der Waals surface area (Å²) in [6, 6.07) is 7.93. The number of H-pyrrole nitrogens is 1. The first-order chi connectivity index (χ1) is 10.3. The van der Waals surface area contributed by atoms with Gasteiger partial charge in [0.2, 0.25) is 5.82 Å². The Morgan fingerprint density at radius 1 is 1.48 bits per heavy atom. The van der Waals surface area contributed by atoms with E-state index in [0.717, 1.165) is 30.8 Å². The third-order valence-corrected chi connectivity index (χ3v) is 3.43. The summed E-state index contributed by atoms with van der Waals surface area (Å²) in [7, 11) is 0. The van der Waals surface area contributed by atoms with Gasteiger partial charge >= 0.3 is 0 Å². The number of hydrogen-bond donors (Lipinski definition) is 2. The van der Waals surface area contributed by atoms with Gasteiger partial charge in [-0.3, -0.25) is 9.89 Å². The number of aromatic amines is 1. The van der Waals surface area contributed by atoms with Gasteiger partial charge in [0.25, 0.3) is 5.91 Å². The number of carbonyl (C=O) groups is 1. The van der Waals surface area contributed by atoms with Crippen molar-refractivity contribution in [2.45, 2.75) is 32.3 Å². The van der Waals surface area contributed by atoms with E-state index in [9.17, 15) is 4.79 Å². The molecule has 0 spiro atoms. The molecule has 1 aromatic carbocycles. The molecule has 1 unspecified atom stereocenters. The first-order valence-corrected chi connectivity index (χ1v) is 7.20. The first-order valence-electron chi connectivity index (χ1n) is 7.20. The third kappa shape index (κ3) is 3.04. The highest BCUT2D eigenvalue weighted by Crippen LogP contribution is 2.27. The van der Waals surface area contributed by atoms with Gasteiger partial charge in [-0.1, -0.05) is 25.1 Å². The van der Waals surface area contributed by atoms with Gasteiger partial charge in [-0.2, -0.15) is 0 Å². The Morgan fingerprint density at radius 3 is 3.14 bits per heavy atom. The van der Waals surface area contributed by atoms with E-state index in [1.807, 2.05) is 24.3 Å². The van der Waals surface area contributed by atoms with Gasteiger partial charge in [0.1, 0.15) is 17.7 Å².